The topological polar surface area (TPSA) is 82.5 Å². The summed E-state index contributed by atoms with van der Waals surface area (Å²) in [6, 6.07) is -0.0498. The van der Waals surface area contributed by atoms with E-state index in [-0.39, 0.29) is 11.7 Å². The first-order chi connectivity index (χ1) is 8.16. The number of aromatic carboxylic acids is 1. The molecule has 17 heavy (non-hydrogen) atoms. The van der Waals surface area contributed by atoms with Gasteiger partial charge in [-0.25, -0.2) is 14.6 Å². The maximum atomic E-state index is 11.4. The Kier molecular flexibility index (Phi) is 3.58. The molecule has 1 aromatic rings. The van der Waals surface area contributed by atoms with Crippen LogP contribution < -0.4 is 5.32 Å². The molecule has 6 nitrogen and oxygen atoms in total. The van der Waals surface area contributed by atoms with Crippen molar-refractivity contribution in [3.63, 3.8) is 0 Å². The number of hydrogen-bond donors (Lipinski definition) is 2. The van der Waals surface area contributed by atoms with Gasteiger partial charge in [0, 0.05) is 31.4 Å². The number of urea groups is 1. The normalized spacial score (nSPS) is 15.8. The van der Waals surface area contributed by atoms with E-state index in [2.05, 4.69) is 10.3 Å². The SMILES string of the molecule is O=C(O)c1csc(CCN2CCCNC2=O)n1. The highest BCUT2D eigenvalue weighted by molar-refractivity contribution is 7.09. The van der Waals surface area contributed by atoms with Gasteiger partial charge in [-0.2, -0.15) is 0 Å². The molecule has 0 aromatic carbocycles. The molecule has 0 aliphatic carbocycles. The summed E-state index contributed by atoms with van der Waals surface area (Å²) in [5, 5.41) is 13.8. The molecule has 2 N–H and O–H groups in total. The van der Waals surface area contributed by atoms with Crippen LogP contribution in [0.5, 0.6) is 0 Å². The molecular weight excluding hydrogens is 242 g/mol. The smallest absolute Gasteiger partial charge is 0.355 e. The molecule has 2 amide bonds. The van der Waals surface area contributed by atoms with Crippen LogP contribution in [0, 0.1) is 0 Å². The zero-order valence-electron chi connectivity index (χ0n) is 9.18. The molecule has 92 valence electrons. The van der Waals surface area contributed by atoms with Crippen molar-refractivity contribution in [1.82, 2.24) is 15.2 Å². The van der Waals surface area contributed by atoms with E-state index in [0.717, 1.165) is 24.5 Å². The van der Waals surface area contributed by atoms with Crippen molar-refractivity contribution in [2.75, 3.05) is 19.6 Å². The minimum Gasteiger partial charge on any atom is -0.476 e. The predicted octanol–water partition coefficient (Wildman–Crippen LogP) is 0.799. The molecule has 1 aliphatic rings. The van der Waals surface area contributed by atoms with Crippen molar-refractivity contribution < 1.29 is 14.7 Å². The van der Waals surface area contributed by atoms with Gasteiger partial charge in [0.05, 0.1) is 5.01 Å². The Hall–Kier alpha value is -1.63. The number of carbonyl (C=O) groups is 2. The average Bonchev–Trinajstić information content (AvgIpc) is 2.77. The first kappa shape index (κ1) is 11.8. The lowest BCUT2D eigenvalue weighted by Gasteiger charge is -2.26. The number of hydrogen-bond acceptors (Lipinski definition) is 4. The highest BCUT2D eigenvalue weighted by atomic mass is 32.1. The second kappa shape index (κ2) is 5.13. The van der Waals surface area contributed by atoms with E-state index in [1.807, 2.05) is 0 Å². The van der Waals surface area contributed by atoms with Crippen molar-refractivity contribution in [2.24, 2.45) is 0 Å². The van der Waals surface area contributed by atoms with Crippen LogP contribution >= 0.6 is 11.3 Å². The van der Waals surface area contributed by atoms with E-state index in [9.17, 15) is 9.59 Å². The largest absolute Gasteiger partial charge is 0.476 e. The maximum absolute atomic E-state index is 11.4. The van der Waals surface area contributed by atoms with Gasteiger partial charge < -0.3 is 15.3 Å². The second-order valence-electron chi connectivity index (χ2n) is 3.75. The van der Waals surface area contributed by atoms with Crippen LogP contribution in [-0.4, -0.2) is 46.6 Å². The van der Waals surface area contributed by atoms with Crippen LogP contribution in [0.2, 0.25) is 0 Å². The summed E-state index contributed by atoms with van der Waals surface area (Å²) in [5.41, 5.74) is 0.0769. The average molecular weight is 255 g/mol. The lowest BCUT2D eigenvalue weighted by Crippen LogP contribution is -2.47. The molecule has 7 heteroatoms. The molecule has 1 aliphatic heterocycles. The highest BCUT2D eigenvalue weighted by Gasteiger charge is 2.17. The first-order valence-corrected chi connectivity index (χ1v) is 6.25. The molecular formula is C10H13N3O3S. The maximum Gasteiger partial charge on any atom is 0.355 e. The number of carboxylic acid groups (broad SMARTS) is 1. The quantitative estimate of drug-likeness (QED) is 0.833. The molecule has 2 rings (SSSR count). The van der Waals surface area contributed by atoms with Crippen molar-refractivity contribution in [3.8, 4) is 0 Å². The number of thiazole rings is 1. The second-order valence-corrected chi connectivity index (χ2v) is 4.70. The van der Waals surface area contributed by atoms with Gasteiger partial charge in [0.1, 0.15) is 0 Å². The minimum absolute atomic E-state index is 0.0498. The molecule has 1 fully saturated rings. The third-order valence-corrected chi connectivity index (χ3v) is 3.44. The van der Waals surface area contributed by atoms with Crippen molar-refractivity contribution in [1.29, 1.82) is 0 Å². The number of nitrogens with one attached hydrogen (secondary N) is 1. The Morgan fingerprint density at radius 2 is 2.47 bits per heavy atom. The number of nitrogens with zero attached hydrogens (tertiary/aromatic N) is 2. The van der Waals surface area contributed by atoms with Gasteiger partial charge in [0.15, 0.2) is 5.69 Å². The summed E-state index contributed by atoms with van der Waals surface area (Å²) in [7, 11) is 0. The molecule has 0 radical (unpaired) electrons. The van der Waals surface area contributed by atoms with Crippen LogP contribution in [-0.2, 0) is 6.42 Å². The van der Waals surface area contributed by atoms with Crippen molar-refractivity contribution in [2.45, 2.75) is 12.8 Å². The van der Waals surface area contributed by atoms with E-state index in [1.54, 1.807) is 4.90 Å². The standard InChI is InChI=1S/C10H13N3O3S/c14-9(15)7-6-17-8(12-7)2-5-13-4-1-3-11-10(13)16/h6H,1-5H2,(H,11,16)(H,14,15). The fraction of sp³-hybridized carbons (Fsp3) is 0.500. The predicted molar refractivity (Wildman–Crippen MR) is 62.4 cm³/mol. The minimum atomic E-state index is -1.01. The van der Waals surface area contributed by atoms with Gasteiger partial charge in [-0.1, -0.05) is 0 Å². The molecule has 0 bridgehead atoms. The Bertz CT molecular complexity index is 432. The number of amides is 2. The lowest BCUT2D eigenvalue weighted by molar-refractivity contribution is 0.0691. The number of rotatable bonds is 4. The van der Waals surface area contributed by atoms with Crippen molar-refractivity contribution >= 4 is 23.3 Å². The Morgan fingerprint density at radius 1 is 1.65 bits per heavy atom. The molecule has 1 aromatic heterocycles. The Labute approximate surface area is 102 Å². The van der Waals surface area contributed by atoms with Crippen LogP contribution in [0.4, 0.5) is 4.79 Å². The van der Waals surface area contributed by atoms with E-state index in [0.29, 0.717) is 13.0 Å². The summed E-state index contributed by atoms with van der Waals surface area (Å²) in [4.78, 5) is 27.8. The van der Waals surface area contributed by atoms with Crippen LogP contribution in [0.1, 0.15) is 21.9 Å². The fourth-order valence-corrected chi connectivity index (χ4v) is 2.41. The molecule has 2 heterocycles. The summed E-state index contributed by atoms with van der Waals surface area (Å²) in [5.74, 6) is -1.01. The molecule has 0 unspecified atom stereocenters. The Morgan fingerprint density at radius 3 is 3.12 bits per heavy atom. The van der Waals surface area contributed by atoms with Gasteiger partial charge in [0.25, 0.3) is 0 Å². The summed E-state index contributed by atoms with van der Waals surface area (Å²) >= 11 is 1.32. The summed E-state index contributed by atoms with van der Waals surface area (Å²) < 4.78 is 0. The molecule has 1 saturated heterocycles. The third kappa shape index (κ3) is 2.94. The number of carbonyl (C=O) groups excluding carboxylic acids is 1. The third-order valence-electron chi connectivity index (χ3n) is 2.53. The van der Waals surface area contributed by atoms with Gasteiger partial charge in [-0.05, 0) is 6.42 Å². The van der Waals surface area contributed by atoms with Gasteiger partial charge in [-0.3, -0.25) is 0 Å². The Balaban J connectivity index is 1.88. The fourth-order valence-electron chi connectivity index (χ4n) is 1.65. The van der Waals surface area contributed by atoms with Gasteiger partial charge in [-0.15, -0.1) is 11.3 Å². The van der Waals surface area contributed by atoms with E-state index < -0.39 is 5.97 Å². The molecule has 0 saturated carbocycles. The van der Waals surface area contributed by atoms with Crippen LogP contribution in [0.15, 0.2) is 5.38 Å². The highest BCUT2D eigenvalue weighted by Crippen LogP contribution is 2.11. The summed E-state index contributed by atoms with van der Waals surface area (Å²) in [6.07, 6.45) is 1.55. The number of carboxylic acids is 1. The van der Waals surface area contributed by atoms with Crippen LogP contribution in [0.25, 0.3) is 0 Å². The van der Waals surface area contributed by atoms with Crippen LogP contribution in [0.3, 0.4) is 0 Å². The van der Waals surface area contributed by atoms with Gasteiger partial charge in [0.2, 0.25) is 0 Å². The zero-order valence-corrected chi connectivity index (χ0v) is 10.00. The van der Waals surface area contributed by atoms with Gasteiger partial charge >= 0.3 is 12.0 Å². The van der Waals surface area contributed by atoms with E-state index in [1.165, 1.54) is 16.7 Å². The van der Waals surface area contributed by atoms with E-state index >= 15 is 0 Å². The monoisotopic (exact) mass is 255 g/mol. The molecule has 0 spiro atoms. The number of aromatic nitrogens is 1. The molecule has 0 atom stereocenters. The lowest BCUT2D eigenvalue weighted by atomic mass is 10.3. The first-order valence-electron chi connectivity index (χ1n) is 5.37. The zero-order chi connectivity index (χ0) is 12.3. The van der Waals surface area contributed by atoms with Crippen molar-refractivity contribution in [3.05, 3.63) is 16.1 Å². The van der Waals surface area contributed by atoms with E-state index in [4.69, 9.17) is 5.11 Å². The summed E-state index contributed by atoms with van der Waals surface area (Å²) in [6.45, 7) is 2.07.